The third-order valence-electron chi connectivity index (χ3n) is 9.99. The van der Waals surface area contributed by atoms with Crippen LogP contribution in [-0.4, -0.2) is 36.4 Å². The molecule has 0 fully saturated rings. The molecule has 0 aromatic heterocycles. The molecular formula is C56H90O5. The molecule has 0 aromatic rings. The second kappa shape index (κ2) is 50.7. The SMILES string of the molecule is CC/C=C\C/C=C\C/C=C\C/C=C\C/C=C\C/C=C\C/C=C\C/C=C\C/C=C\CCCC(=O)OC(CO)COC(=O)CCCCCCCCC/C=C\CCCCCCCCC. The average molecular weight is 843 g/mol. The van der Waals surface area contributed by atoms with Gasteiger partial charge in [-0.2, -0.15) is 0 Å². The zero-order chi connectivity index (χ0) is 44.2. The molecule has 1 unspecified atom stereocenters. The number of ether oxygens (including phenoxy) is 2. The van der Waals surface area contributed by atoms with Gasteiger partial charge >= 0.3 is 11.9 Å². The Morgan fingerprint density at radius 1 is 0.393 bits per heavy atom. The Morgan fingerprint density at radius 2 is 0.721 bits per heavy atom. The highest BCUT2D eigenvalue weighted by Crippen LogP contribution is 2.12. The Bertz CT molecular complexity index is 1270. The lowest BCUT2D eigenvalue weighted by molar-refractivity contribution is -0.161. The molecule has 0 aliphatic carbocycles. The van der Waals surface area contributed by atoms with Crippen molar-refractivity contribution in [3.05, 3.63) is 122 Å². The van der Waals surface area contributed by atoms with E-state index >= 15 is 0 Å². The van der Waals surface area contributed by atoms with E-state index in [0.717, 1.165) is 83.5 Å². The van der Waals surface area contributed by atoms with Crippen LogP contribution in [0.25, 0.3) is 0 Å². The zero-order valence-corrected chi connectivity index (χ0v) is 39.1. The summed E-state index contributed by atoms with van der Waals surface area (Å²) in [5, 5.41) is 9.60. The van der Waals surface area contributed by atoms with Crippen LogP contribution >= 0.6 is 0 Å². The van der Waals surface area contributed by atoms with Crippen LogP contribution in [0.3, 0.4) is 0 Å². The molecule has 0 aliphatic heterocycles. The average Bonchev–Trinajstić information content (AvgIpc) is 3.26. The van der Waals surface area contributed by atoms with E-state index in [9.17, 15) is 14.7 Å². The zero-order valence-electron chi connectivity index (χ0n) is 39.1. The van der Waals surface area contributed by atoms with Crippen molar-refractivity contribution in [3.63, 3.8) is 0 Å². The molecule has 0 saturated carbocycles. The molecule has 0 spiro atoms. The molecule has 5 heteroatoms. The van der Waals surface area contributed by atoms with Gasteiger partial charge in [-0.25, -0.2) is 0 Å². The Balaban J connectivity index is 3.71. The topological polar surface area (TPSA) is 72.8 Å². The molecule has 61 heavy (non-hydrogen) atoms. The van der Waals surface area contributed by atoms with Crippen molar-refractivity contribution in [2.75, 3.05) is 13.2 Å². The van der Waals surface area contributed by atoms with Crippen molar-refractivity contribution >= 4 is 11.9 Å². The van der Waals surface area contributed by atoms with Gasteiger partial charge in [0.25, 0.3) is 0 Å². The maximum Gasteiger partial charge on any atom is 0.306 e. The lowest BCUT2D eigenvalue weighted by Gasteiger charge is -2.15. The maximum atomic E-state index is 12.2. The van der Waals surface area contributed by atoms with Gasteiger partial charge in [0.15, 0.2) is 6.10 Å². The predicted molar refractivity (Wildman–Crippen MR) is 265 cm³/mol. The fraction of sp³-hybridized carbons (Fsp3) is 0.607. The number of aliphatic hydroxyl groups excluding tert-OH is 1. The van der Waals surface area contributed by atoms with E-state index in [1.165, 1.54) is 83.5 Å². The summed E-state index contributed by atoms with van der Waals surface area (Å²) in [4.78, 5) is 24.4. The second-order valence-electron chi connectivity index (χ2n) is 15.8. The normalized spacial score (nSPS) is 13.3. The number of rotatable bonds is 43. The summed E-state index contributed by atoms with van der Waals surface area (Å²) in [6, 6.07) is 0. The number of esters is 2. The second-order valence-corrected chi connectivity index (χ2v) is 15.8. The summed E-state index contributed by atoms with van der Waals surface area (Å²) >= 11 is 0. The van der Waals surface area contributed by atoms with Crippen molar-refractivity contribution in [2.24, 2.45) is 0 Å². The molecule has 0 amide bonds. The van der Waals surface area contributed by atoms with Crippen LogP contribution < -0.4 is 0 Å². The molecule has 344 valence electrons. The van der Waals surface area contributed by atoms with E-state index in [1.807, 2.05) is 0 Å². The van der Waals surface area contributed by atoms with Crippen molar-refractivity contribution in [2.45, 2.75) is 206 Å². The van der Waals surface area contributed by atoms with Gasteiger partial charge in [0.2, 0.25) is 0 Å². The van der Waals surface area contributed by atoms with Crippen molar-refractivity contribution in [1.82, 2.24) is 0 Å². The van der Waals surface area contributed by atoms with Gasteiger partial charge in [-0.05, 0) is 103 Å². The molecule has 0 aliphatic rings. The molecule has 1 atom stereocenters. The standard InChI is InChI=1S/C56H90O5/c1-3-5-7-9-11-13-15-17-19-21-23-24-25-26-27-28-29-30-31-32-33-35-37-39-41-43-45-47-49-51-56(59)61-54(52-57)53-60-55(58)50-48-46-44-42-40-38-36-34-22-20-18-16-14-12-10-8-6-4-2/h5,7,11,13,17,19-20,22-24,26-27,29-30,32-33,37,39,43,45,54,57H,3-4,6,8-10,12,14-16,18,21,25,28,31,34-36,38,40-42,44,46-53H2,1-2H3/b7-5-,13-11-,19-17-,22-20-,24-23-,27-26-,30-29-,33-32-,39-37-,45-43-. The third-order valence-corrected chi connectivity index (χ3v) is 9.99. The van der Waals surface area contributed by atoms with Gasteiger partial charge < -0.3 is 14.6 Å². The van der Waals surface area contributed by atoms with E-state index in [0.29, 0.717) is 12.8 Å². The quantitative estimate of drug-likeness (QED) is 0.0376. The summed E-state index contributed by atoms with van der Waals surface area (Å²) < 4.78 is 10.6. The van der Waals surface area contributed by atoms with Crippen LogP contribution in [0.2, 0.25) is 0 Å². The number of allylic oxidation sites excluding steroid dienone is 20. The van der Waals surface area contributed by atoms with E-state index in [-0.39, 0.29) is 31.6 Å². The molecule has 0 heterocycles. The Kier molecular flexibility index (Phi) is 47.6. The number of hydrogen-bond donors (Lipinski definition) is 1. The van der Waals surface area contributed by atoms with E-state index in [1.54, 1.807) is 0 Å². The number of aliphatic hydroxyl groups is 1. The highest BCUT2D eigenvalue weighted by atomic mass is 16.6. The molecule has 0 radical (unpaired) electrons. The first-order chi connectivity index (χ1) is 30.1. The summed E-state index contributed by atoms with van der Waals surface area (Å²) in [5.74, 6) is -0.673. The van der Waals surface area contributed by atoms with Gasteiger partial charge in [0, 0.05) is 12.8 Å². The van der Waals surface area contributed by atoms with Crippen molar-refractivity contribution in [3.8, 4) is 0 Å². The Labute approximate surface area is 375 Å². The lowest BCUT2D eigenvalue weighted by atomic mass is 10.1. The minimum atomic E-state index is -0.813. The molecule has 0 bridgehead atoms. The van der Waals surface area contributed by atoms with Crippen LogP contribution in [0.5, 0.6) is 0 Å². The third kappa shape index (κ3) is 48.8. The molecule has 1 N–H and O–H groups in total. The molecule has 0 rings (SSSR count). The fourth-order valence-corrected chi connectivity index (χ4v) is 6.31. The highest BCUT2D eigenvalue weighted by molar-refractivity contribution is 5.70. The summed E-state index contributed by atoms with van der Waals surface area (Å²) in [7, 11) is 0. The minimum absolute atomic E-state index is 0.0987. The number of hydrogen-bond acceptors (Lipinski definition) is 5. The first-order valence-electron chi connectivity index (χ1n) is 24.6. The maximum absolute atomic E-state index is 12.2. The first-order valence-corrected chi connectivity index (χ1v) is 24.6. The van der Waals surface area contributed by atoms with E-state index in [2.05, 4.69) is 135 Å². The number of carbonyl (C=O) groups is 2. The largest absolute Gasteiger partial charge is 0.462 e. The monoisotopic (exact) mass is 843 g/mol. The number of carbonyl (C=O) groups excluding carboxylic acids is 2. The molecule has 0 aromatic carbocycles. The van der Waals surface area contributed by atoms with Crippen LogP contribution in [0, 0.1) is 0 Å². The lowest BCUT2D eigenvalue weighted by Crippen LogP contribution is -2.28. The van der Waals surface area contributed by atoms with E-state index in [4.69, 9.17) is 9.47 Å². The van der Waals surface area contributed by atoms with Crippen LogP contribution in [-0.2, 0) is 19.1 Å². The van der Waals surface area contributed by atoms with Crippen LogP contribution in [0.4, 0.5) is 0 Å². The van der Waals surface area contributed by atoms with Crippen molar-refractivity contribution < 1.29 is 24.2 Å². The molecular weight excluding hydrogens is 753 g/mol. The van der Waals surface area contributed by atoms with Crippen LogP contribution in [0.15, 0.2) is 122 Å². The number of unbranched alkanes of at least 4 members (excludes halogenated alkanes) is 15. The van der Waals surface area contributed by atoms with Gasteiger partial charge in [-0.3, -0.25) is 9.59 Å². The first kappa shape index (κ1) is 57.3. The smallest absolute Gasteiger partial charge is 0.306 e. The van der Waals surface area contributed by atoms with Gasteiger partial charge in [0.1, 0.15) is 6.61 Å². The van der Waals surface area contributed by atoms with Crippen molar-refractivity contribution in [1.29, 1.82) is 0 Å². The predicted octanol–water partition coefficient (Wildman–Crippen LogP) is 16.3. The highest BCUT2D eigenvalue weighted by Gasteiger charge is 2.16. The Hall–Kier alpha value is -3.70. The molecule has 5 nitrogen and oxygen atoms in total. The fourth-order valence-electron chi connectivity index (χ4n) is 6.31. The summed E-state index contributed by atoms with van der Waals surface area (Å²) in [5.41, 5.74) is 0. The summed E-state index contributed by atoms with van der Waals surface area (Å²) in [6.07, 6.45) is 74.3. The minimum Gasteiger partial charge on any atom is -0.462 e. The van der Waals surface area contributed by atoms with E-state index < -0.39 is 6.10 Å². The van der Waals surface area contributed by atoms with Gasteiger partial charge in [-0.1, -0.05) is 206 Å². The molecule has 0 saturated heterocycles. The summed E-state index contributed by atoms with van der Waals surface area (Å²) in [6.45, 7) is 3.97. The van der Waals surface area contributed by atoms with Crippen LogP contribution in [0.1, 0.15) is 200 Å². The Morgan fingerprint density at radius 3 is 1.13 bits per heavy atom. The van der Waals surface area contributed by atoms with Gasteiger partial charge in [-0.15, -0.1) is 0 Å². The van der Waals surface area contributed by atoms with Gasteiger partial charge in [0.05, 0.1) is 6.61 Å².